The number of nitrogens with zero attached hydrogens (tertiary/aromatic N) is 3. The average Bonchev–Trinajstić information content (AvgIpc) is 3.64. The van der Waals surface area contributed by atoms with Gasteiger partial charge in [-0.3, -0.25) is 10.1 Å². The number of carbonyl (C=O) groups is 1. The van der Waals surface area contributed by atoms with Crippen molar-refractivity contribution in [3.63, 3.8) is 0 Å². The molecule has 1 aliphatic rings. The third kappa shape index (κ3) is 6.37. The molecule has 0 bridgehead atoms. The first-order valence-electron chi connectivity index (χ1n) is 14.6. The number of amides is 1. The van der Waals surface area contributed by atoms with Crippen LogP contribution in [0.15, 0.2) is 85.1 Å². The van der Waals surface area contributed by atoms with E-state index in [9.17, 15) is 4.79 Å². The molecule has 5 aromatic rings. The summed E-state index contributed by atoms with van der Waals surface area (Å²) in [5.41, 5.74) is 4.55. The van der Waals surface area contributed by atoms with Gasteiger partial charge >= 0.3 is 0 Å². The molecular weight excluding hydrogens is 526 g/mol. The average molecular weight is 564 g/mol. The van der Waals surface area contributed by atoms with Crippen molar-refractivity contribution in [3.8, 4) is 5.75 Å². The van der Waals surface area contributed by atoms with Gasteiger partial charge in [0.25, 0.3) is 0 Å². The normalized spacial score (nSPS) is 15.9. The summed E-state index contributed by atoms with van der Waals surface area (Å²) in [4.78, 5) is 16.9. The molecule has 42 heavy (non-hydrogen) atoms. The molecule has 4 N–H and O–H groups in total. The topological polar surface area (TPSA) is 109 Å². The highest BCUT2D eigenvalue weighted by atomic mass is 16.5. The van der Waals surface area contributed by atoms with Crippen molar-refractivity contribution in [2.45, 2.75) is 44.3 Å². The standard InChI is InChI=1S/C33H37N7O2/c1-42-26-14-11-24(12-15-26)21-40-31(16-13-23-7-3-2-4-8-23)38-39-32(40)30(37-33(41)29-17-18-34-22-36-29)19-25-20-35-28-10-6-5-9-27(25)28/h2-12,14-15,20,29-30,34-36H,13,16-19,21-22H2,1H3,(H,37,41)/t29-,30+/m0/s1. The second-order valence-electron chi connectivity index (χ2n) is 10.7. The predicted molar refractivity (Wildman–Crippen MR) is 163 cm³/mol. The molecule has 3 aromatic carbocycles. The summed E-state index contributed by atoms with van der Waals surface area (Å²) in [5, 5.41) is 20.5. The van der Waals surface area contributed by atoms with E-state index in [1.165, 1.54) is 5.56 Å². The fourth-order valence-electron chi connectivity index (χ4n) is 5.63. The van der Waals surface area contributed by atoms with Crippen molar-refractivity contribution < 1.29 is 9.53 Å². The summed E-state index contributed by atoms with van der Waals surface area (Å²) in [6.45, 7) is 2.00. The second kappa shape index (κ2) is 13.0. The number of hydrogen-bond donors (Lipinski definition) is 4. The maximum atomic E-state index is 13.6. The number of nitrogens with one attached hydrogen (secondary N) is 4. The highest BCUT2D eigenvalue weighted by molar-refractivity contribution is 5.84. The van der Waals surface area contributed by atoms with Crippen molar-refractivity contribution >= 4 is 16.8 Å². The Morgan fingerprint density at radius 3 is 2.60 bits per heavy atom. The Labute approximate surface area is 245 Å². The number of hydrogen-bond acceptors (Lipinski definition) is 6. The summed E-state index contributed by atoms with van der Waals surface area (Å²) >= 11 is 0. The number of rotatable bonds is 11. The number of fused-ring (bicyclic) bond motifs is 1. The second-order valence-corrected chi connectivity index (χ2v) is 10.7. The lowest BCUT2D eigenvalue weighted by atomic mass is 10.0. The molecule has 0 unspecified atom stereocenters. The molecule has 0 spiro atoms. The molecular formula is C33H37N7O2. The molecule has 9 heteroatoms. The lowest BCUT2D eigenvalue weighted by Gasteiger charge is -2.26. The van der Waals surface area contributed by atoms with Gasteiger partial charge in [0, 0.05) is 36.6 Å². The smallest absolute Gasteiger partial charge is 0.237 e. The summed E-state index contributed by atoms with van der Waals surface area (Å²) in [6, 6.07) is 26.1. The van der Waals surface area contributed by atoms with Crippen LogP contribution >= 0.6 is 0 Å². The van der Waals surface area contributed by atoms with Gasteiger partial charge in [0.1, 0.15) is 11.6 Å². The van der Waals surface area contributed by atoms with E-state index in [4.69, 9.17) is 14.9 Å². The quantitative estimate of drug-likeness (QED) is 0.194. The van der Waals surface area contributed by atoms with Gasteiger partial charge in [0.05, 0.1) is 25.7 Å². The Morgan fingerprint density at radius 2 is 1.81 bits per heavy atom. The van der Waals surface area contributed by atoms with Gasteiger partial charge in [-0.15, -0.1) is 10.2 Å². The van der Waals surface area contributed by atoms with Crippen LogP contribution in [0.4, 0.5) is 0 Å². The number of ether oxygens (including phenoxy) is 1. The summed E-state index contributed by atoms with van der Waals surface area (Å²) in [7, 11) is 1.67. The lowest BCUT2D eigenvalue weighted by Crippen LogP contribution is -2.53. The minimum atomic E-state index is -0.371. The number of aromatic amines is 1. The van der Waals surface area contributed by atoms with E-state index in [0.29, 0.717) is 19.6 Å². The first kappa shape index (κ1) is 27.7. The van der Waals surface area contributed by atoms with E-state index in [1.54, 1.807) is 7.11 Å². The lowest BCUT2D eigenvalue weighted by molar-refractivity contribution is -0.124. The summed E-state index contributed by atoms with van der Waals surface area (Å²) < 4.78 is 7.56. The van der Waals surface area contributed by atoms with E-state index >= 15 is 0 Å². The summed E-state index contributed by atoms with van der Waals surface area (Å²) in [6.07, 6.45) is 4.93. The van der Waals surface area contributed by atoms with E-state index in [1.807, 2.05) is 36.5 Å². The molecule has 3 heterocycles. The van der Waals surface area contributed by atoms with Crippen LogP contribution in [0.3, 0.4) is 0 Å². The number of para-hydroxylation sites is 1. The maximum absolute atomic E-state index is 13.6. The predicted octanol–water partition coefficient (Wildman–Crippen LogP) is 3.91. The zero-order valence-electron chi connectivity index (χ0n) is 23.8. The van der Waals surface area contributed by atoms with Crippen LogP contribution in [0.5, 0.6) is 5.75 Å². The monoisotopic (exact) mass is 563 g/mol. The molecule has 0 radical (unpaired) electrons. The third-order valence-electron chi connectivity index (χ3n) is 7.96. The molecule has 1 amide bonds. The van der Waals surface area contributed by atoms with Gasteiger partial charge in [0.2, 0.25) is 5.91 Å². The molecule has 1 fully saturated rings. The Kier molecular flexibility index (Phi) is 8.58. The molecule has 1 saturated heterocycles. The fourth-order valence-corrected chi connectivity index (χ4v) is 5.63. The number of H-pyrrole nitrogens is 1. The fraction of sp³-hybridized carbons (Fsp3) is 0.303. The zero-order valence-corrected chi connectivity index (χ0v) is 23.8. The highest BCUT2D eigenvalue weighted by Gasteiger charge is 2.28. The van der Waals surface area contributed by atoms with Crippen LogP contribution in [0.2, 0.25) is 0 Å². The number of benzene rings is 3. The van der Waals surface area contributed by atoms with Crippen molar-refractivity contribution in [1.29, 1.82) is 0 Å². The van der Waals surface area contributed by atoms with Crippen molar-refractivity contribution in [1.82, 2.24) is 35.7 Å². The Morgan fingerprint density at radius 1 is 1.00 bits per heavy atom. The number of aryl methyl sites for hydroxylation is 2. The maximum Gasteiger partial charge on any atom is 0.237 e. The molecule has 0 saturated carbocycles. The van der Waals surface area contributed by atoms with E-state index in [2.05, 4.69) is 74.0 Å². The first-order chi connectivity index (χ1) is 20.7. The number of methoxy groups -OCH3 is 1. The van der Waals surface area contributed by atoms with Crippen molar-refractivity contribution in [2.75, 3.05) is 20.3 Å². The van der Waals surface area contributed by atoms with Gasteiger partial charge in [-0.2, -0.15) is 0 Å². The van der Waals surface area contributed by atoms with E-state index in [-0.39, 0.29) is 18.0 Å². The Balaban J connectivity index is 1.36. The molecule has 1 aliphatic heterocycles. The highest BCUT2D eigenvalue weighted by Crippen LogP contribution is 2.26. The van der Waals surface area contributed by atoms with Gasteiger partial charge in [0.15, 0.2) is 5.82 Å². The molecule has 9 nitrogen and oxygen atoms in total. The van der Waals surface area contributed by atoms with E-state index < -0.39 is 0 Å². The number of carbonyl (C=O) groups excluding carboxylic acids is 1. The van der Waals surface area contributed by atoms with Gasteiger partial charge < -0.3 is 24.9 Å². The van der Waals surface area contributed by atoms with Gasteiger partial charge in [-0.05, 0) is 54.3 Å². The van der Waals surface area contributed by atoms with Gasteiger partial charge in [-0.25, -0.2) is 0 Å². The minimum absolute atomic E-state index is 0.0221. The zero-order chi connectivity index (χ0) is 28.7. The van der Waals surface area contributed by atoms with E-state index in [0.717, 1.165) is 65.2 Å². The minimum Gasteiger partial charge on any atom is -0.497 e. The Hall–Kier alpha value is -4.47. The van der Waals surface area contributed by atoms with Crippen LogP contribution in [-0.2, 0) is 30.6 Å². The van der Waals surface area contributed by atoms with Crippen LogP contribution in [-0.4, -0.2) is 52.0 Å². The molecule has 6 rings (SSSR count). The molecule has 0 aliphatic carbocycles. The third-order valence-corrected chi connectivity index (χ3v) is 7.96. The molecule has 2 aromatic heterocycles. The van der Waals surface area contributed by atoms with Crippen LogP contribution in [0.1, 0.15) is 40.8 Å². The molecule has 216 valence electrons. The largest absolute Gasteiger partial charge is 0.497 e. The van der Waals surface area contributed by atoms with Crippen molar-refractivity contribution in [3.05, 3.63) is 113 Å². The SMILES string of the molecule is COc1ccc(Cn2c(CCc3ccccc3)nnc2[C@@H](Cc2c[nH]c3ccccc23)NC(=O)[C@@H]2CCNCN2)cc1. The van der Waals surface area contributed by atoms with Crippen LogP contribution < -0.4 is 20.7 Å². The van der Waals surface area contributed by atoms with Crippen molar-refractivity contribution in [2.24, 2.45) is 0 Å². The van der Waals surface area contributed by atoms with Crippen LogP contribution in [0.25, 0.3) is 10.9 Å². The summed E-state index contributed by atoms with van der Waals surface area (Å²) in [5.74, 6) is 2.43. The number of aromatic nitrogens is 4. The first-order valence-corrected chi connectivity index (χ1v) is 14.6. The Bertz CT molecular complexity index is 1600. The van der Waals surface area contributed by atoms with Gasteiger partial charge in [-0.1, -0.05) is 60.7 Å². The van der Waals surface area contributed by atoms with Crippen LogP contribution in [0, 0.1) is 0 Å². The molecule has 2 atom stereocenters.